The summed E-state index contributed by atoms with van der Waals surface area (Å²) in [6.07, 6.45) is 1.85. The van der Waals surface area contributed by atoms with Crippen molar-refractivity contribution in [1.29, 1.82) is 0 Å². The van der Waals surface area contributed by atoms with Gasteiger partial charge in [0.2, 0.25) is 0 Å². The highest BCUT2D eigenvalue weighted by molar-refractivity contribution is 7.80. The fraction of sp³-hybridized carbons (Fsp3) is 0.182. The SMILES string of the molecule is NC(=S)c1cccc2c1ccn2CCF. The van der Waals surface area contributed by atoms with Gasteiger partial charge in [0.05, 0.1) is 6.54 Å². The van der Waals surface area contributed by atoms with Crippen molar-refractivity contribution in [3.8, 4) is 0 Å². The predicted molar refractivity (Wildman–Crippen MR) is 63.8 cm³/mol. The number of hydrogen-bond acceptors (Lipinski definition) is 1. The molecule has 0 radical (unpaired) electrons. The lowest BCUT2D eigenvalue weighted by Gasteiger charge is -2.04. The van der Waals surface area contributed by atoms with E-state index in [0.29, 0.717) is 11.5 Å². The fourth-order valence-corrected chi connectivity index (χ4v) is 1.90. The molecule has 0 aliphatic rings. The minimum Gasteiger partial charge on any atom is -0.389 e. The molecule has 0 saturated heterocycles. The van der Waals surface area contributed by atoms with E-state index in [1.165, 1.54) is 0 Å². The molecular formula is C11H11FN2S. The number of aryl methyl sites for hydroxylation is 1. The second-order valence-corrected chi connectivity index (χ2v) is 3.74. The Labute approximate surface area is 92.5 Å². The summed E-state index contributed by atoms with van der Waals surface area (Å²) in [5, 5.41) is 0.985. The van der Waals surface area contributed by atoms with Gasteiger partial charge < -0.3 is 10.3 Å². The van der Waals surface area contributed by atoms with Gasteiger partial charge >= 0.3 is 0 Å². The van der Waals surface area contributed by atoms with E-state index in [2.05, 4.69) is 0 Å². The van der Waals surface area contributed by atoms with E-state index in [4.69, 9.17) is 18.0 Å². The van der Waals surface area contributed by atoms with E-state index in [-0.39, 0.29) is 6.67 Å². The summed E-state index contributed by atoms with van der Waals surface area (Å²) in [6, 6.07) is 7.61. The van der Waals surface area contributed by atoms with E-state index < -0.39 is 0 Å². The van der Waals surface area contributed by atoms with Gasteiger partial charge in [-0.3, -0.25) is 0 Å². The van der Waals surface area contributed by atoms with Crippen LogP contribution < -0.4 is 5.73 Å². The third-order valence-corrected chi connectivity index (χ3v) is 2.62. The lowest BCUT2D eigenvalue weighted by Crippen LogP contribution is -2.09. The van der Waals surface area contributed by atoms with Crippen molar-refractivity contribution in [2.75, 3.05) is 6.67 Å². The Balaban J connectivity index is 2.63. The van der Waals surface area contributed by atoms with Gasteiger partial charge in [-0.1, -0.05) is 24.4 Å². The quantitative estimate of drug-likeness (QED) is 0.807. The first-order valence-electron chi connectivity index (χ1n) is 4.67. The predicted octanol–water partition coefficient (Wildman–Crippen LogP) is 2.25. The lowest BCUT2D eigenvalue weighted by atomic mass is 10.1. The van der Waals surface area contributed by atoms with Gasteiger partial charge in [0.25, 0.3) is 0 Å². The molecular weight excluding hydrogens is 211 g/mol. The van der Waals surface area contributed by atoms with Crippen LogP contribution >= 0.6 is 12.2 Å². The van der Waals surface area contributed by atoms with E-state index in [0.717, 1.165) is 16.5 Å². The molecule has 0 bridgehead atoms. The summed E-state index contributed by atoms with van der Waals surface area (Å²) in [6.45, 7) is -0.00857. The van der Waals surface area contributed by atoms with Gasteiger partial charge in [-0.15, -0.1) is 0 Å². The molecule has 15 heavy (non-hydrogen) atoms. The van der Waals surface area contributed by atoms with Gasteiger partial charge in [-0.05, 0) is 12.1 Å². The average Bonchev–Trinajstić information content (AvgIpc) is 2.62. The Kier molecular flexibility index (Phi) is 2.68. The van der Waals surface area contributed by atoms with E-state index in [1.807, 2.05) is 35.0 Å². The normalized spacial score (nSPS) is 10.7. The Morgan fingerprint density at radius 1 is 1.40 bits per heavy atom. The number of halogens is 1. The molecule has 2 rings (SSSR count). The Morgan fingerprint density at radius 2 is 2.20 bits per heavy atom. The Bertz CT molecular complexity index is 504. The van der Waals surface area contributed by atoms with Crippen LogP contribution in [0, 0.1) is 0 Å². The smallest absolute Gasteiger partial charge is 0.107 e. The molecule has 0 atom stereocenters. The van der Waals surface area contributed by atoms with Gasteiger partial charge in [0.1, 0.15) is 11.7 Å². The highest BCUT2D eigenvalue weighted by Crippen LogP contribution is 2.20. The van der Waals surface area contributed by atoms with Gasteiger partial charge in [0, 0.05) is 22.7 Å². The summed E-state index contributed by atoms with van der Waals surface area (Å²) >= 11 is 4.96. The first-order valence-corrected chi connectivity index (χ1v) is 5.08. The van der Waals surface area contributed by atoms with Crippen molar-refractivity contribution in [3.05, 3.63) is 36.0 Å². The maximum absolute atomic E-state index is 12.3. The number of thiocarbonyl (C=S) groups is 1. The number of aromatic nitrogens is 1. The third-order valence-electron chi connectivity index (χ3n) is 2.40. The molecule has 0 amide bonds. The third kappa shape index (κ3) is 1.72. The molecule has 4 heteroatoms. The molecule has 0 aliphatic heterocycles. The van der Waals surface area contributed by atoms with Crippen molar-refractivity contribution >= 4 is 28.1 Å². The molecule has 0 fully saturated rings. The van der Waals surface area contributed by atoms with Crippen molar-refractivity contribution in [2.24, 2.45) is 5.73 Å². The highest BCUT2D eigenvalue weighted by atomic mass is 32.1. The standard InChI is InChI=1S/C11H11FN2S/c12-5-7-14-6-4-8-9(11(13)15)2-1-3-10(8)14/h1-4,6H,5,7H2,(H2,13,15). The average molecular weight is 222 g/mol. The number of rotatable bonds is 3. The van der Waals surface area contributed by atoms with Crippen LogP contribution in [0.2, 0.25) is 0 Å². The van der Waals surface area contributed by atoms with Crippen LogP contribution in [-0.2, 0) is 6.54 Å². The molecule has 0 saturated carbocycles. The maximum Gasteiger partial charge on any atom is 0.107 e. The second kappa shape index (κ2) is 3.98. The zero-order valence-corrected chi connectivity index (χ0v) is 8.93. The van der Waals surface area contributed by atoms with Crippen molar-refractivity contribution in [2.45, 2.75) is 6.54 Å². The molecule has 2 N–H and O–H groups in total. The maximum atomic E-state index is 12.3. The topological polar surface area (TPSA) is 30.9 Å². The number of benzene rings is 1. The van der Waals surface area contributed by atoms with Crippen LogP contribution in [0.15, 0.2) is 30.5 Å². The summed E-state index contributed by atoms with van der Waals surface area (Å²) in [7, 11) is 0. The van der Waals surface area contributed by atoms with Gasteiger partial charge in [-0.2, -0.15) is 0 Å². The number of hydrogen-bond donors (Lipinski definition) is 1. The van der Waals surface area contributed by atoms with Gasteiger partial charge in [0.15, 0.2) is 0 Å². The second-order valence-electron chi connectivity index (χ2n) is 3.30. The largest absolute Gasteiger partial charge is 0.389 e. The monoisotopic (exact) mass is 222 g/mol. The number of nitrogens with zero attached hydrogens (tertiary/aromatic N) is 1. The summed E-state index contributed by atoms with van der Waals surface area (Å²) < 4.78 is 14.1. The van der Waals surface area contributed by atoms with Gasteiger partial charge in [-0.25, -0.2) is 4.39 Å². The van der Waals surface area contributed by atoms with Crippen molar-refractivity contribution in [3.63, 3.8) is 0 Å². The van der Waals surface area contributed by atoms with Crippen molar-refractivity contribution < 1.29 is 4.39 Å². The first-order chi connectivity index (χ1) is 7.24. The molecule has 2 aromatic rings. The van der Waals surface area contributed by atoms with Crippen LogP contribution in [0.1, 0.15) is 5.56 Å². The molecule has 1 aromatic heterocycles. The van der Waals surface area contributed by atoms with Crippen LogP contribution in [-0.4, -0.2) is 16.2 Å². The van der Waals surface area contributed by atoms with E-state index >= 15 is 0 Å². The Hall–Kier alpha value is -1.42. The van der Waals surface area contributed by atoms with Crippen LogP contribution in [0.5, 0.6) is 0 Å². The summed E-state index contributed by atoms with van der Waals surface area (Å²) in [5.41, 5.74) is 7.43. The minimum absolute atomic E-state index is 0.365. The number of fused-ring (bicyclic) bond motifs is 1. The Morgan fingerprint density at radius 3 is 2.87 bits per heavy atom. The number of nitrogens with two attached hydrogens (primary N) is 1. The molecule has 1 heterocycles. The molecule has 0 unspecified atom stereocenters. The zero-order chi connectivity index (χ0) is 10.8. The molecule has 2 nitrogen and oxygen atoms in total. The van der Waals surface area contributed by atoms with E-state index in [9.17, 15) is 4.39 Å². The molecule has 78 valence electrons. The summed E-state index contributed by atoms with van der Waals surface area (Å²) in [5.74, 6) is 0. The highest BCUT2D eigenvalue weighted by Gasteiger charge is 2.06. The summed E-state index contributed by atoms with van der Waals surface area (Å²) in [4.78, 5) is 0.374. The zero-order valence-electron chi connectivity index (χ0n) is 8.11. The lowest BCUT2D eigenvalue weighted by molar-refractivity contribution is 0.451. The fourth-order valence-electron chi connectivity index (χ4n) is 1.72. The number of alkyl halides is 1. The minimum atomic E-state index is -0.374. The van der Waals surface area contributed by atoms with Crippen LogP contribution in [0.3, 0.4) is 0 Å². The first kappa shape index (κ1) is 10.1. The molecule has 0 spiro atoms. The van der Waals surface area contributed by atoms with Crippen LogP contribution in [0.25, 0.3) is 10.9 Å². The van der Waals surface area contributed by atoms with Crippen LogP contribution in [0.4, 0.5) is 4.39 Å². The molecule has 1 aromatic carbocycles. The van der Waals surface area contributed by atoms with Crippen molar-refractivity contribution in [1.82, 2.24) is 4.57 Å². The molecule has 0 aliphatic carbocycles. The van der Waals surface area contributed by atoms with E-state index in [1.54, 1.807) is 0 Å².